The first kappa shape index (κ1) is 17.1. The predicted molar refractivity (Wildman–Crippen MR) is 100 cm³/mol. The fourth-order valence-corrected chi connectivity index (χ4v) is 6.17. The Balaban J connectivity index is 1.21. The molecule has 4 bridgehead atoms. The summed E-state index contributed by atoms with van der Waals surface area (Å²) in [4.78, 5) is 12.4. The van der Waals surface area contributed by atoms with Gasteiger partial charge in [0.25, 0.3) is 5.91 Å². The maximum absolute atomic E-state index is 12.4. The Labute approximate surface area is 152 Å². The number of hydrogen-bond donors (Lipinski definition) is 2. The van der Waals surface area contributed by atoms with Gasteiger partial charge in [-0.2, -0.15) is 0 Å². The van der Waals surface area contributed by atoms with Gasteiger partial charge in [-0.15, -0.1) is 0 Å². The minimum Gasteiger partial charge on any atom is -0.349 e. The first-order valence-electron chi connectivity index (χ1n) is 10.3. The fourth-order valence-electron chi connectivity index (χ4n) is 6.17. The molecule has 0 unspecified atom stereocenters. The highest BCUT2D eigenvalue weighted by molar-refractivity contribution is 5.77. The molecule has 4 fully saturated rings. The van der Waals surface area contributed by atoms with Gasteiger partial charge in [0.15, 0.2) is 6.54 Å². The third-order valence-corrected chi connectivity index (χ3v) is 6.92. The molecular formula is C22H33N2O+. The van der Waals surface area contributed by atoms with Crippen molar-refractivity contribution in [2.75, 3.05) is 6.54 Å². The smallest absolute Gasteiger partial charge is 0.275 e. The van der Waals surface area contributed by atoms with Crippen LogP contribution < -0.4 is 10.6 Å². The van der Waals surface area contributed by atoms with E-state index >= 15 is 0 Å². The summed E-state index contributed by atoms with van der Waals surface area (Å²) in [5, 5.41) is 5.63. The summed E-state index contributed by atoms with van der Waals surface area (Å²) in [5.41, 5.74) is 1.75. The molecule has 0 spiro atoms. The fraction of sp³-hybridized carbons (Fsp3) is 0.682. The van der Waals surface area contributed by atoms with E-state index in [-0.39, 0.29) is 11.9 Å². The van der Waals surface area contributed by atoms with Gasteiger partial charge in [-0.05, 0) is 62.3 Å². The molecule has 1 atom stereocenters. The lowest BCUT2D eigenvalue weighted by Gasteiger charge is -2.54. The van der Waals surface area contributed by atoms with E-state index in [0.717, 1.165) is 30.6 Å². The predicted octanol–water partition coefficient (Wildman–Crippen LogP) is 2.66. The Kier molecular flexibility index (Phi) is 4.86. The zero-order valence-corrected chi connectivity index (χ0v) is 15.5. The molecule has 136 valence electrons. The number of carbonyl (C=O) groups is 1. The van der Waals surface area contributed by atoms with Gasteiger partial charge in [0, 0.05) is 25.3 Å². The van der Waals surface area contributed by atoms with Crippen LogP contribution in [0.3, 0.4) is 0 Å². The highest BCUT2D eigenvalue weighted by atomic mass is 16.2. The second kappa shape index (κ2) is 7.11. The summed E-state index contributed by atoms with van der Waals surface area (Å²) in [6.45, 7) is 2.74. The minimum absolute atomic E-state index is 0.219. The summed E-state index contributed by atoms with van der Waals surface area (Å²) in [7, 11) is 0. The van der Waals surface area contributed by atoms with Crippen molar-refractivity contribution in [3.63, 3.8) is 0 Å². The molecule has 4 saturated carbocycles. The van der Waals surface area contributed by atoms with Crippen molar-refractivity contribution in [3.8, 4) is 0 Å². The molecular weight excluding hydrogens is 308 g/mol. The molecule has 3 N–H and O–H groups in total. The van der Waals surface area contributed by atoms with Crippen molar-refractivity contribution in [1.29, 1.82) is 0 Å². The van der Waals surface area contributed by atoms with Crippen molar-refractivity contribution in [3.05, 3.63) is 35.9 Å². The summed E-state index contributed by atoms with van der Waals surface area (Å²) in [5.74, 6) is 3.08. The van der Waals surface area contributed by atoms with Crippen molar-refractivity contribution in [2.45, 2.75) is 69.9 Å². The van der Waals surface area contributed by atoms with E-state index < -0.39 is 0 Å². The Morgan fingerprint density at radius 2 is 1.72 bits per heavy atom. The first-order chi connectivity index (χ1) is 12.1. The average molecular weight is 342 g/mol. The molecule has 0 aliphatic heterocycles. The van der Waals surface area contributed by atoms with Crippen LogP contribution in [0.25, 0.3) is 0 Å². The van der Waals surface area contributed by atoms with E-state index in [1.54, 1.807) is 0 Å². The molecule has 1 aromatic carbocycles. The lowest BCUT2D eigenvalue weighted by atomic mass is 9.53. The molecule has 3 nitrogen and oxygen atoms in total. The van der Waals surface area contributed by atoms with E-state index in [0.29, 0.717) is 12.1 Å². The van der Waals surface area contributed by atoms with Crippen LogP contribution in [0.15, 0.2) is 30.3 Å². The summed E-state index contributed by atoms with van der Waals surface area (Å²) < 4.78 is 0. The monoisotopic (exact) mass is 341 g/mol. The van der Waals surface area contributed by atoms with Gasteiger partial charge in [0.1, 0.15) is 0 Å². The maximum Gasteiger partial charge on any atom is 0.275 e. The van der Waals surface area contributed by atoms with Crippen molar-refractivity contribution in [1.82, 2.24) is 5.32 Å². The Bertz CT molecular complexity index is 562. The van der Waals surface area contributed by atoms with E-state index in [1.807, 2.05) is 0 Å². The number of hydrogen-bond acceptors (Lipinski definition) is 1. The van der Waals surface area contributed by atoms with Crippen LogP contribution in [0, 0.1) is 17.8 Å². The number of carbonyl (C=O) groups excluding carboxylic acids is 1. The highest BCUT2D eigenvalue weighted by Crippen LogP contribution is 2.54. The molecule has 3 heteroatoms. The summed E-state index contributed by atoms with van der Waals surface area (Å²) in [6.07, 6.45) is 10.5. The molecule has 0 aromatic heterocycles. The van der Waals surface area contributed by atoms with Crippen LogP contribution in [-0.4, -0.2) is 24.0 Å². The lowest BCUT2D eigenvalue weighted by Crippen LogP contribution is -3.00. The molecule has 0 heterocycles. The molecule has 4 aliphatic carbocycles. The third kappa shape index (κ3) is 4.08. The first-order valence-corrected chi connectivity index (χ1v) is 10.3. The molecule has 0 saturated heterocycles. The number of aryl methyl sites for hydroxylation is 1. The molecule has 1 aromatic rings. The van der Waals surface area contributed by atoms with Gasteiger partial charge in [-0.3, -0.25) is 4.79 Å². The number of rotatable bonds is 7. The van der Waals surface area contributed by atoms with Gasteiger partial charge < -0.3 is 10.6 Å². The quantitative estimate of drug-likeness (QED) is 0.787. The van der Waals surface area contributed by atoms with Crippen molar-refractivity contribution < 1.29 is 10.1 Å². The molecule has 25 heavy (non-hydrogen) atoms. The number of quaternary nitrogens is 1. The largest absolute Gasteiger partial charge is 0.349 e. The summed E-state index contributed by atoms with van der Waals surface area (Å²) >= 11 is 0. The Hall–Kier alpha value is -1.35. The van der Waals surface area contributed by atoms with Gasteiger partial charge >= 0.3 is 0 Å². The maximum atomic E-state index is 12.4. The molecule has 4 aliphatic rings. The van der Waals surface area contributed by atoms with Crippen molar-refractivity contribution in [2.24, 2.45) is 17.8 Å². The Morgan fingerprint density at radius 3 is 2.32 bits per heavy atom. The topological polar surface area (TPSA) is 45.7 Å². The zero-order chi connectivity index (χ0) is 17.3. The SMILES string of the molecule is C[C@H](CCc1ccccc1)NC(=O)C[NH2+]C12CC3CC(CC(C3)C1)C2. The number of amides is 1. The zero-order valence-electron chi connectivity index (χ0n) is 15.5. The minimum atomic E-state index is 0.219. The van der Waals surface area contributed by atoms with E-state index in [1.165, 1.54) is 44.1 Å². The van der Waals surface area contributed by atoms with Gasteiger partial charge in [0.2, 0.25) is 0 Å². The van der Waals surface area contributed by atoms with Gasteiger partial charge in [-0.1, -0.05) is 30.3 Å². The van der Waals surface area contributed by atoms with E-state index in [9.17, 15) is 4.79 Å². The molecule has 1 amide bonds. The Morgan fingerprint density at radius 1 is 1.12 bits per heavy atom. The van der Waals surface area contributed by atoms with Crippen LogP contribution >= 0.6 is 0 Å². The number of nitrogens with one attached hydrogen (secondary N) is 1. The number of nitrogens with two attached hydrogens (primary N) is 1. The average Bonchev–Trinajstić information content (AvgIpc) is 2.58. The van der Waals surface area contributed by atoms with Crippen molar-refractivity contribution >= 4 is 5.91 Å². The van der Waals surface area contributed by atoms with Crippen LogP contribution in [0.1, 0.15) is 57.4 Å². The lowest BCUT2D eigenvalue weighted by molar-refractivity contribution is -0.730. The molecule has 0 radical (unpaired) electrons. The standard InChI is InChI=1S/C22H32N2O/c1-16(7-8-17-5-3-2-4-6-17)24-21(25)15-23-22-12-18-9-19(13-22)11-20(10-18)14-22/h2-6,16,18-20,23H,7-15H2,1H3,(H,24,25)/p+1/t16-,18?,19?,20?,22?/m1/s1. The molecule has 5 rings (SSSR count). The third-order valence-electron chi connectivity index (χ3n) is 6.92. The van der Waals surface area contributed by atoms with Gasteiger partial charge in [0.05, 0.1) is 5.54 Å². The second-order valence-electron chi connectivity index (χ2n) is 9.18. The number of benzene rings is 1. The van der Waals surface area contributed by atoms with Crippen LogP contribution in [0.2, 0.25) is 0 Å². The highest BCUT2D eigenvalue weighted by Gasteiger charge is 2.53. The second-order valence-corrected chi connectivity index (χ2v) is 9.18. The van der Waals surface area contributed by atoms with Crippen LogP contribution in [0.4, 0.5) is 0 Å². The normalized spacial score (nSPS) is 34.0. The van der Waals surface area contributed by atoms with E-state index in [4.69, 9.17) is 0 Å². The summed E-state index contributed by atoms with van der Waals surface area (Å²) in [6, 6.07) is 10.8. The van der Waals surface area contributed by atoms with Gasteiger partial charge in [-0.25, -0.2) is 0 Å². The van der Waals surface area contributed by atoms with Crippen LogP contribution in [-0.2, 0) is 11.2 Å². The van der Waals surface area contributed by atoms with E-state index in [2.05, 4.69) is 47.9 Å². The van der Waals surface area contributed by atoms with Crippen LogP contribution in [0.5, 0.6) is 0 Å².